The SMILES string of the molecule is NC(/C=C/c1ccccc1)=NCc1ccccc1-c1ccccc1. The molecule has 0 saturated heterocycles. The molecule has 0 aliphatic rings. The van der Waals surface area contributed by atoms with E-state index in [4.69, 9.17) is 5.73 Å². The van der Waals surface area contributed by atoms with Crippen LogP contribution in [0, 0.1) is 0 Å². The number of nitrogens with two attached hydrogens (primary N) is 1. The summed E-state index contributed by atoms with van der Waals surface area (Å²) in [6.45, 7) is 0.566. The molecule has 0 spiro atoms. The first kappa shape index (κ1) is 15.8. The van der Waals surface area contributed by atoms with Gasteiger partial charge in [-0.25, -0.2) is 0 Å². The topological polar surface area (TPSA) is 38.4 Å². The average molecular weight is 312 g/mol. The number of benzene rings is 3. The molecule has 0 aliphatic heterocycles. The van der Waals surface area contributed by atoms with Gasteiger partial charge in [-0.05, 0) is 28.3 Å². The third kappa shape index (κ3) is 4.20. The van der Waals surface area contributed by atoms with Gasteiger partial charge in [0, 0.05) is 0 Å². The van der Waals surface area contributed by atoms with E-state index in [1.807, 2.05) is 72.8 Å². The van der Waals surface area contributed by atoms with Crippen molar-refractivity contribution in [2.75, 3.05) is 0 Å². The average Bonchev–Trinajstić information content (AvgIpc) is 2.66. The summed E-state index contributed by atoms with van der Waals surface area (Å²) >= 11 is 0. The van der Waals surface area contributed by atoms with Crippen molar-refractivity contribution in [3.05, 3.63) is 102 Å². The number of nitrogens with zero attached hydrogens (tertiary/aromatic N) is 1. The first-order valence-electron chi connectivity index (χ1n) is 7.99. The minimum Gasteiger partial charge on any atom is -0.384 e. The van der Waals surface area contributed by atoms with E-state index in [1.165, 1.54) is 16.7 Å². The molecule has 0 atom stereocenters. The molecule has 3 rings (SSSR count). The minimum absolute atomic E-state index is 0.529. The van der Waals surface area contributed by atoms with E-state index in [0.717, 1.165) is 5.56 Å². The lowest BCUT2D eigenvalue weighted by atomic mass is 10.00. The summed E-state index contributed by atoms with van der Waals surface area (Å²) in [6, 6.07) is 28.7. The summed E-state index contributed by atoms with van der Waals surface area (Å²) in [6.07, 6.45) is 3.82. The fourth-order valence-corrected chi connectivity index (χ4v) is 2.53. The van der Waals surface area contributed by atoms with Crippen LogP contribution in [0.1, 0.15) is 11.1 Å². The van der Waals surface area contributed by atoms with Crippen molar-refractivity contribution < 1.29 is 0 Å². The predicted octanol–water partition coefficient (Wildman–Crippen LogP) is 4.92. The highest BCUT2D eigenvalue weighted by atomic mass is 14.8. The standard InChI is InChI=1S/C22H20N2/c23-22(16-15-18-9-3-1-4-10-18)24-17-20-13-7-8-14-21(20)19-11-5-2-6-12-19/h1-16H,17H2,(H2,23,24)/b16-15+. The lowest BCUT2D eigenvalue weighted by molar-refractivity contribution is 1.07. The van der Waals surface area contributed by atoms with Gasteiger partial charge in [-0.2, -0.15) is 0 Å². The third-order valence-corrected chi connectivity index (χ3v) is 3.78. The Kier molecular flexibility index (Phi) is 5.21. The molecular formula is C22H20N2. The van der Waals surface area contributed by atoms with Gasteiger partial charge in [0.1, 0.15) is 5.84 Å². The summed E-state index contributed by atoms with van der Waals surface area (Å²) in [5, 5.41) is 0. The Morgan fingerprint density at radius 1 is 0.792 bits per heavy atom. The van der Waals surface area contributed by atoms with E-state index in [0.29, 0.717) is 12.4 Å². The molecule has 118 valence electrons. The van der Waals surface area contributed by atoms with Gasteiger partial charge in [-0.3, -0.25) is 4.99 Å². The van der Waals surface area contributed by atoms with E-state index in [2.05, 4.69) is 29.3 Å². The van der Waals surface area contributed by atoms with E-state index < -0.39 is 0 Å². The molecule has 0 amide bonds. The summed E-state index contributed by atoms with van der Waals surface area (Å²) in [7, 11) is 0. The maximum absolute atomic E-state index is 6.02. The van der Waals surface area contributed by atoms with Gasteiger partial charge in [0.25, 0.3) is 0 Å². The predicted molar refractivity (Wildman–Crippen MR) is 103 cm³/mol. The first-order valence-corrected chi connectivity index (χ1v) is 7.99. The molecule has 0 aromatic heterocycles. The molecule has 24 heavy (non-hydrogen) atoms. The Hall–Kier alpha value is -3.13. The van der Waals surface area contributed by atoms with Gasteiger partial charge in [0.2, 0.25) is 0 Å². The third-order valence-electron chi connectivity index (χ3n) is 3.78. The largest absolute Gasteiger partial charge is 0.384 e. The first-order chi connectivity index (χ1) is 11.8. The van der Waals surface area contributed by atoms with Crippen LogP contribution in [-0.2, 0) is 6.54 Å². The van der Waals surface area contributed by atoms with Gasteiger partial charge in [0.05, 0.1) is 6.54 Å². The number of hydrogen-bond acceptors (Lipinski definition) is 1. The highest BCUT2D eigenvalue weighted by Gasteiger charge is 2.03. The zero-order valence-corrected chi connectivity index (χ0v) is 13.5. The zero-order chi connectivity index (χ0) is 16.6. The molecule has 0 saturated carbocycles. The van der Waals surface area contributed by atoms with E-state index in [-0.39, 0.29) is 0 Å². The summed E-state index contributed by atoms with van der Waals surface area (Å²) in [5.41, 5.74) is 10.7. The molecule has 0 aliphatic carbocycles. The normalized spacial score (nSPS) is 11.8. The Morgan fingerprint density at radius 2 is 1.42 bits per heavy atom. The lowest BCUT2D eigenvalue weighted by Gasteiger charge is -2.07. The summed E-state index contributed by atoms with van der Waals surface area (Å²) in [5.74, 6) is 0.529. The second kappa shape index (κ2) is 7.93. The monoisotopic (exact) mass is 312 g/mol. The van der Waals surface area contributed by atoms with Crippen LogP contribution in [-0.4, -0.2) is 5.84 Å². The molecule has 3 aromatic rings. The Morgan fingerprint density at radius 3 is 2.17 bits per heavy atom. The molecule has 2 N–H and O–H groups in total. The van der Waals surface area contributed by atoms with Crippen LogP contribution >= 0.6 is 0 Å². The number of aliphatic imine (C=N–C) groups is 1. The molecule has 0 fully saturated rings. The van der Waals surface area contributed by atoms with Crippen molar-refractivity contribution in [2.24, 2.45) is 10.7 Å². The van der Waals surface area contributed by atoms with Gasteiger partial charge >= 0.3 is 0 Å². The van der Waals surface area contributed by atoms with Gasteiger partial charge in [0.15, 0.2) is 0 Å². The fourth-order valence-electron chi connectivity index (χ4n) is 2.53. The quantitative estimate of drug-likeness (QED) is 0.527. The van der Waals surface area contributed by atoms with Crippen molar-refractivity contribution in [1.29, 1.82) is 0 Å². The van der Waals surface area contributed by atoms with Crippen LogP contribution in [0.4, 0.5) is 0 Å². The maximum atomic E-state index is 6.02. The number of rotatable bonds is 5. The van der Waals surface area contributed by atoms with Crippen molar-refractivity contribution in [3.63, 3.8) is 0 Å². The fraction of sp³-hybridized carbons (Fsp3) is 0.0455. The van der Waals surface area contributed by atoms with Gasteiger partial charge < -0.3 is 5.73 Å². The van der Waals surface area contributed by atoms with Crippen LogP contribution in [0.2, 0.25) is 0 Å². The molecule has 3 aromatic carbocycles. The molecule has 0 bridgehead atoms. The smallest absolute Gasteiger partial charge is 0.118 e. The summed E-state index contributed by atoms with van der Waals surface area (Å²) in [4.78, 5) is 4.50. The van der Waals surface area contributed by atoms with Crippen LogP contribution in [0.15, 0.2) is 96.0 Å². The van der Waals surface area contributed by atoms with Crippen LogP contribution in [0.25, 0.3) is 17.2 Å². The zero-order valence-electron chi connectivity index (χ0n) is 13.5. The van der Waals surface area contributed by atoms with Crippen molar-refractivity contribution in [1.82, 2.24) is 0 Å². The second-order valence-corrected chi connectivity index (χ2v) is 5.51. The van der Waals surface area contributed by atoms with Crippen molar-refractivity contribution in [3.8, 4) is 11.1 Å². The lowest BCUT2D eigenvalue weighted by Crippen LogP contribution is -2.08. The van der Waals surface area contributed by atoms with Crippen LogP contribution < -0.4 is 5.73 Å². The molecule has 0 unspecified atom stereocenters. The van der Waals surface area contributed by atoms with Crippen molar-refractivity contribution >= 4 is 11.9 Å². The molecule has 0 heterocycles. The molecule has 2 nitrogen and oxygen atoms in total. The Bertz CT molecular complexity index is 834. The molecule has 2 heteroatoms. The minimum atomic E-state index is 0.529. The second-order valence-electron chi connectivity index (χ2n) is 5.51. The van der Waals surface area contributed by atoms with Gasteiger partial charge in [-0.1, -0.05) is 91.0 Å². The Labute approximate surface area is 143 Å². The molecule has 0 radical (unpaired) electrons. The van der Waals surface area contributed by atoms with E-state index >= 15 is 0 Å². The van der Waals surface area contributed by atoms with Crippen LogP contribution in [0.5, 0.6) is 0 Å². The van der Waals surface area contributed by atoms with Crippen LogP contribution in [0.3, 0.4) is 0 Å². The highest BCUT2D eigenvalue weighted by Crippen LogP contribution is 2.23. The Balaban J connectivity index is 1.76. The van der Waals surface area contributed by atoms with E-state index in [1.54, 1.807) is 0 Å². The van der Waals surface area contributed by atoms with E-state index in [9.17, 15) is 0 Å². The van der Waals surface area contributed by atoms with Crippen molar-refractivity contribution in [2.45, 2.75) is 6.54 Å². The summed E-state index contributed by atoms with van der Waals surface area (Å²) < 4.78 is 0. The highest BCUT2D eigenvalue weighted by molar-refractivity contribution is 5.95. The number of amidine groups is 1. The molecular weight excluding hydrogens is 292 g/mol. The maximum Gasteiger partial charge on any atom is 0.118 e. The van der Waals surface area contributed by atoms with Gasteiger partial charge in [-0.15, -0.1) is 0 Å². The number of hydrogen-bond donors (Lipinski definition) is 1.